The molecule has 28 heavy (non-hydrogen) atoms. The van der Waals surface area contributed by atoms with E-state index in [0.717, 1.165) is 55.1 Å². The highest BCUT2D eigenvalue weighted by Crippen LogP contribution is 2.28. The summed E-state index contributed by atoms with van der Waals surface area (Å²) in [5.74, 6) is 0. The van der Waals surface area contributed by atoms with Gasteiger partial charge in [0.15, 0.2) is 5.43 Å². The molecule has 3 aromatic rings. The van der Waals surface area contributed by atoms with Gasteiger partial charge in [-0.15, -0.1) is 0 Å². The van der Waals surface area contributed by atoms with Crippen LogP contribution in [-0.4, -0.2) is 41.9 Å². The zero-order chi connectivity index (χ0) is 19.7. The zero-order valence-electron chi connectivity index (χ0n) is 17.1. The Bertz CT molecular complexity index is 1030. The maximum atomic E-state index is 12.5. The van der Waals surface area contributed by atoms with E-state index < -0.39 is 8.07 Å². The maximum absolute atomic E-state index is 12.5. The van der Waals surface area contributed by atoms with Crippen LogP contribution in [0.1, 0.15) is 18.9 Å². The molecule has 1 fully saturated rings. The SMILES string of the molecule is C[Si](C)(C)CCOCn1ccc2c1ncc1c(=O)ccn(C3CCNCC3)c12. The van der Waals surface area contributed by atoms with Crippen molar-refractivity contribution in [2.45, 2.75) is 51.3 Å². The second kappa shape index (κ2) is 7.81. The predicted molar refractivity (Wildman–Crippen MR) is 117 cm³/mol. The number of rotatable bonds is 6. The van der Waals surface area contributed by atoms with Gasteiger partial charge in [-0.2, -0.15) is 0 Å². The molecule has 1 N–H and O–H groups in total. The van der Waals surface area contributed by atoms with Crippen molar-refractivity contribution in [3.8, 4) is 0 Å². The van der Waals surface area contributed by atoms with Crippen LogP contribution in [0.5, 0.6) is 0 Å². The minimum atomic E-state index is -1.10. The average Bonchev–Trinajstić information content (AvgIpc) is 3.09. The number of nitrogens with zero attached hydrogens (tertiary/aromatic N) is 3. The number of nitrogens with one attached hydrogen (secondary N) is 1. The molecule has 4 heterocycles. The normalized spacial score (nSPS) is 16.2. The lowest BCUT2D eigenvalue weighted by Crippen LogP contribution is -2.30. The third-order valence-electron chi connectivity index (χ3n) is 5.60. The second-order valence-corrected chi connectivity index (χ2v) is 14.6. The molecule has 4 rings (SSSR count). The molecule has 0 saturated carbocycles. The van der Waals surface area contributed by atoms with Crippen LogP contribution in [0.25, 0.3) is 21.9 Å². The number of hydrogen-bond acceptors (Lipinski definition) is 4. The van der Waals surface area contributed by atoms with Gasteiger partial charge in [0.1, 0.15) is 12.4 Å². The Morgan fingerprint density at radius 3 is 2.71 bits per heavy atom. The fourth-order valence-corrected chi connectivity index (χ4v) is 4.69. The smallest absolute Gasteiger partial charge is 0.190 e. The summed E-state index contributed by atoms with van der Waals surface area (Å²) in [6.07, 6.45) is 7.86. The van der Waals surface area contributed by atoms with Crippen molar-refractivity contribution < 1.29 is 4.74 Å². The molecule has 0 radical (unpaired) electrons. The Kier molecular flexibility index (Phi) is 5.40. The molecule has 0 amide bonds. The van der Waals surface area contributed by atoms with Gasteiger partial charge in [-0.05, 0) is 38.0 Å². The minimum absolute atomic E-state index is 0.0359. The molecule has 1 saturated heterocycles. The van der Waals surface area contributed by atoms with Gasteiger partial charge >= 0.3 is 0 Å². The number of ether oxygens (including phenoxy) is 1. The molecule has 3 aromatic heterocycles. The van der Waals surface area contributed by atoms with Crippen LogP contribution in [0.3, 0.4) is 0 Å². The summed E-state index contributed by atoms with van der Waals surface area (Å²) in [6, 6.07) is 5.31. The van der Waals surface area contributed by atoms with Crippen molar-refractivity contribution in [2.75, 3.05) is 19.7 Å². The summed E-state index contributed by atoms with van der Waals surface area (Å²) < 4.78 is 10.3. The number of hydrogen-bond donors (Lipinski definition) is 1. The Morgan fingerprint density at radius 1 is 1.18 bits per heavy atom. The first-order valence-electron chi connectivity index (χ1n) is 10.2. The van der Waals surface area contributed by atoms with E-state index in [0.29, 0.717) is 18.2 Å². The van der Waals surface area contributed by atoms with E-state index in [4.69, 9.17) is 4.74 Å². The van der Waals surface area contributed by atoms with Gasteiger partial charge in [0, 0.05) is 50.8 Å². The van der Waals surface area contributed by atoms with Crippen LogP contribution in [-0.2, 0) is 11.5 Å². The summed E-state index contributed by atoms with van der Waals surface area (Å²) in [5.41, 5.74) is 1.92. The molecule has 0 aromatic carbocycles. The van der Waals surface area contributed by atoms with Crippen molar-refractivity contribution in [2.24, 2.45) is 0 Å². The van der Waals surface area contributed by atoms with Crippen LogP contribution in [0.4, 0.5) is 0 Å². The Morgan fingerprint density at radius 2 is 1.96 bits per heavy atom. The highest BCUT2D eigenvalue weighted by molar-refractivity contribution is 6.76. The molecular weight excluding hydrogens is 368 g/mol. The van der Waals surface area contributed by atoms with Gasteiger partial charge in [-0.25, -0.2) is 4.98 Å². The summed E-state index contributed by atoms with van der Waals surface area (Å²) in [6.45, 7) is 10.4. The molecule has 7 heteroatoms. The highest BCUT2D eigenvalue weighted by Gasteiger charge is 2.19. The lowest BCUT2D eigenvalue weighted by atomic mass is 10.0. The van der Waals surface area contributed by atoms with E-state index in [9.17, 15) is 4.79 Å². The van der Waals surface area contributed by atoms with Gasteiger partial charge < -0.3 is 19.2 Å². The molecule has 0 bridgehead atoms. The number of pyridine rings is 2. The van der Waals surface area contributed by atoms with Crippen LogP contribution in [0.15, 0.2) is 35.5 Å². The number of piperidine rings is 1. The first-order valence-corrected chi connectivity index (χ1v) is 13.9. The van der Waals surface area contributed by atoms with Crippen molar-refractivity contribution in [1.82, 2.24) is 19.4 Å². The van der Waals surface area contributed by atoms with Gasteiger partial charge in [-0.1, -0.05) is 19.6 Å². The number of aromatic nitrogens is 3. The summed E-state index contributed by atoms with van der Waals surface area (Å²) >= 11 is 0. The van der Waals surface area contributed by atoms with E-state index in [2.05, 4.69) is 40.6 Å². The third kappa shape index (κ3) is 3.92. The summed E-state index contributed by atoms with van der Waals surface area (Å²) in [4.78, 5) is 17.1. The van der Waals surface area contributed by atoms with Crippen molar-refractivity contribution in [3.63, 3.8) is 0 Å². The number of fused-ring (bicyclic) bond motifs is 3. The highest BCUT2D eigenvalue weighted by atomic mass is 28.3. The first kappa shape index (κ1) is 19.4. The van der Waals surface area contributed by atoms with Crippen LogP contribution < -0.4 is 10.7 Å². The van der Waals surface area contributed by atoms with E-state index in [1.807, 2.05) is 17.0 Å². The van der Waals surface area contributed by atoms with Gasteiger partial charge in [-0.3, -0.25) is 4.79 Å². The molecule has 1 aliphatic rings. The van der Waals surface area contributed by atoms with Crippen molar-refractivity contribution >= 4 is 30.0 Å². The summed E-state index contributed by atoms with van der Waals surface area (Å²) in [5, 5.41) is 5.15. The molecule has 6 nitrogen and oxygen atoms in total. The fraction of sp³-hybridized carbons (Fsp3) is 0.524. The quantitative estimate of drug-likeness (QED) is 0.509. The van der Waals surface area contributed by atoms with Crippen molar-refractivity contribution in [1.29, 1.82) is 0 Å². The second-order valence-electron chi connectivity index (χ2n) is 8.96. The predicted octanol–water partition coefficient (Wildman–Crippen LogP) is 3.59. The average molecular weight is 399 g/mol. The van der Waals surface area contributed by atoms with E-state index >= 15 is 0 Å². The molecular formula is C21H30N4O2Si. The lowest BCUT2D eigenvalue weighted by Gasteiger charge is -2.27. The lowest BCUT2D eigenvalue weighted by molar-refractivity contribution is 0.0899. The van der Waals surface area contributed by atoms with E-state index in [1.165, 1.54) is 0 Å². The molecule has 0 aliphatic carbocycles. The van der Waals surface area contributed by atoms with Gasteiger partial charge in [0.2, 0.25) is 0 Å². The zero-order valence-corrected chi connectivity index (χ0v) is 18.1. The van der Waals surface area contributed by atoms with E-state index in [1.54, 1.807) is 12.3 Å². The molecule has 0 spiro atoms. The van der Waals surface area contributed by atoms with Gasteiger partial charge in [0.25, 0.3) is 0 Å². The molecule has 1 aliphatic heterocycles. The fourth-order valence-electron chi connectivity index (χ4n) is 3.93. The third-order valence-corrected chi connectivity index (χ3v) is 7.30. The molecule has 0 atom stereocenters. The maximum Gasteiger partial charge on any atom is 0.190 e. The topological polar surface area (TPSA) is 61.1 Å². The monoisotopic (exact) mass is 398 g/mol. The summed E-state index contributed by atoms with van der Waals surface area (Å²) in [7, 11) is -1.10. The van der Waals surface area contributed by atoms with Crippen LogP contribution in [0.2, 0.25) is 25.7 Å². The molecule has 150 valence electrons. The van der Waals surface area contributed by atoms with Crippen LogP contribution >= 0.6 is 0 Å². The minimum Gasteiger partial charge on any atom is -0.361 e. The van der Waals surface area contributed by atoms with Gasteiger partial charge in [0.05, 0.1) is 10.9 Å². The first-order chi connectivity index (χ1) is 13.4. The standard InChI is InChI=1S/C21H30N4O2Si/c1-28(2,3)13-12-27-15-24-10-6-17-20-18(14-23-21(17)24)19(26)7-11-25(20)16-4-8-22-9-5-16/h6-7,10-11,14,16,22H,4-5,8-9,12-13,15H2,1-3H3. The Labute approximate surface area is 166 Å². The molecule has 0 unspecified atom stereocenters. The Balaban J connectivity index is 1.70. The van der Waals surface area contributed by atoms with Crippen molar-refractivity contribution in [3.05, 3.63) is 40.9 Å². The Hall–Kier alpha value is -1.96. The van der Waals surface area contributed by atoms with Crippen LogP contribution in [0, 0.1) is 0 Å². The largest absolute Gasteiger partial charge is 0.361 e. The van der Waals surface area contributed by atoms with E-state index in [-0.39, 0.29) is 5.43 Å².